The Morgan fingerprint density at radius 3 is 2.31 bits per heavy atom. The minimum Gasteiger partial charge on any atom is -0.456 e. The number of nitro benzene ring substituents is 1. The van der Waals surface area contributed by atoms with Crippen molar-refractivity contribution in [2.24, 2.45) is 0 Å². The lowest BCUT2D eigenvalue weighted by molar-refractivity contribution is -0.385. The van der Waals surface area contributed by atoms with Gasteiger partial charge in [0.1, 0.15) is 5.60 Å². The predicted octanol–water partition coefficient (Wildman–Crippen LogP) is 3.35. The highest BCUT2D eigenvalue weighted by Gasteiger charge is 2.22. The number of hydrogen-bond acceptors (Lipinski definition) is 7. The van der Waals surface area contributed by atoms with Crippen molar-refractivity contribution in [2.75, 3.05) is 5.73 Å². The number of nitrogens with zero attached hydrogens (tertiary/aromatic N) is 1. The zero-order valence-electron chi connectivity index (χ0n) is 14.5. The Bertz CT molecular complexity index is 870. The van der Waals surface area contributed by atoms with E-state index in [-0.39, 0.29) is 28.3 Å². The molecule has 26 heavy (non-hydrogen) atoms. The van der Waals surface area contributed by atoms with Gasteiger partial charge in [-0.05, 0) is 45.0 Å². The van der Waals surface area contributed by atoms with Crippen LogP contribution in [0.15, 0.2) is 42.5 Å². The zero-order chi connectivity index (χ0) is 19.5. The molecule has 8 heteroatoms. The topological polar surface area (TPSA) is 122 Å². The minimum absolute atomic E-state index is 0.0382. The average Bonchev–Trinajstić information content (AvgIpc) is 2.53. The van der Waals surface area contributed by atoms with Crippen molar-refractivity contribution in [1.29, 1.82) is 0 Å². The van der Waals surface area contributed by atoms with E-state index in [0.717, 1.165) is 0 Å². The maximum Gasteiger partial charge on any atom is 0.343 e. The second-order valence-corrected chi connectivity index (χ2v) is 6.42. The largest absolute Gasteiger partial charge is 0.456 e. The third kappa shape index (κ3) is 4.56. The molecule has 2 N–H and O–H groups in total. The van der Waals surface area contributed by atoms with Crippen LogP contribution in [0.2, 0.25) is 0 Å². The molecule has 0 aliphatic carbocycles. The first-order valence-corrected chi connectivity index (χ1v) is 7.67. The van der Waals surface area contributed by atoms with E-state index in [1.54, 1.807) is 20.8 Å². The number of benzene rings is 2. The molecule has 2 aromatic carbocycles. The van der Waals surface area contributed by atoms with Crippen molar-refractivity contribution < 1.29 is 24.0 Å². The molecule has 0 aromatic heterocycles. The van der Waals surface area contributed by atoms with Crippen molar-refractivity contribution >= 4 is 23.3 Å². The van der Waals surface area contributed by atoms with Gasteiger partial charge in [0.2, 0.25) is 5.75 Å². The van der Waals surface area contributed by atoms with E-state index >= 15 is 0 Å². The highest BCUT2D eigenvalue weighted by atomic mass is 16.6. The Hall–Kier alpha value is -3.42. The van der Waals surface area contributed by atoms with Gasteiger partial charge in [-0.15, -0.1) is 0 Å². The molecular weight excluding hydrogens is 340 g/mol. The monoisotopic (exact) mass is 358 g/mol. The molecule has 0 radical (unpaired) electrons. The van der Waals surface area contributed by atoms with Crippen LogP contribution in [-0.4, -0.2) is 22.5 Å². The summed E-state index contributed by atoms with van der Waals surface area (Å²) in [7, 11) is 0. The molecule has 136 valence electrons. The number of nitrogen functional groups attached to an aromatic ring is 1. The first-order valence-electron chi connectivity index (χ1n) is 7.67. The predicted molar refractivity (Wildman–Crippen MR) is 94.1 cm³/mol. The molecule has 0 aliphatic heterocycles. The van der Waals surface area contributed by atoms with Crippen LogP contribution in [0.25, 0.3) is 0 Å². The number of nitro groups is 1. The van der Waals surface area contributed by atoms with Gasteiger partial charge in [-0.2, -0.15) is 0 Å². The fraction of sp³-hybridized carbons (Fsp3) is 0.222. The van der Waals surface area contributed by atoms with Crippen molar-refractivity contribution in [2.45, 2.75) is 26.4 Å². The second-order valence-electron chi connectivity index (χ2n) is 6.42. The molecule has 0 saturated carbocycles. The number of anilines is 1. The SMILES string of the molecule is CC(C)(C)OC(=O)c1ccc(C(=O)Oc2ccccc2[N+](=O)[O-])cc1N. The summed E-state index contributed by atoms with van der Waals surface area (Å²) < 4.78 is 10.3. The van der Waals surface area contributed by atoms with E-state index in [1.165, 1.54) is 42.5 Å². The molecule has 0 amide bonds. The quantitative estimate of drug-likeness (QED) is 0.292. The van der Waals surface area contributed by atoms with E-state index in [1.807, 2.05) is 0 Å². The Morgan fingerprint density at radius 2 is 1.73 bits per heavy atom. The normalized spacial score (nSPS) is 10.9. The number of hydrogen-bond donors (Lipinski definition) is 1. The van der Waals surface area contributed by atoms with E-state index in [0.29, 0.717) is 0 Å². The third-order valence-corrected chi connectivity index (χ3v) is 3.17. The summed E-state index contributed by atoms with van der Waals surface area (Å²) in [6, 6.07) is 9.46. The van der Waals surface area contributed by atoms with Gasteiger partial charge >= 0.3 is 17.6 Å². The van der Waals surface area contributed by atoms with Crippen LogP contribution in [0.3, 0.4) is 0 Å². The number of carbonyl (C=O) groups excluding carboxylic acids is 2. The van der Waals surface area contributed by atoms with Gasteiger partial charge in [0.15, 0.2) is 0 Å². The second kappa shape index (κ2) is 7.22. The van der Waals surface area contributed by atoms with Crippen LogP contribution in [0.4, 0.5) is 11.4 Å². The van der Waals surface area contributed by atoms with Crippen LogP contribution in [0.5, 0.6) is 5.75 Å². The van der Waals surface area contributed by atoms with Gasteiger partial charge in [-0.25, -0.2) is 9.59 Å². The molecular formula is C18H18N2O6. The fourth-order valence-corrected chi connectivity index (χ4v) is 2.06. The van der Waals surface area contributed by atoms with E-state index < -0.39 is 22.5 Å². The Balaban J connectivity index is 2.23. The highest BCUT2D eigenvalue weighted by molar-refractivity contribution is 5.99. The van der Waals surface area contributed by atoms with Crippen LogP contribution < -0.4 is 10.5 Å². The van der Waals surface area contributed by atoms with Crippen LogP contribution in [0, 0.1) is 10.1 Å². The maximum absolute atomic E-state index is 12.2. The molecule has 8 nitrogen and oxygen atoms in total. The maximum atomic E-state index is 12.2. The highest BCUT2D eigenvalue weighted by Crippen LogP contribution is 2.27. The summed E-state index contributed by atoms with van der Waals surface area (Å²) in [5, 5.41) is 11.0. The first-order chi connectivity index (χ1) is 12.1. The molecule has 0 heterocycles. The summed E-state index contributed by atoms with van der Waals surface area (Å²) in [5.74, 6) is -1.63. The van der Waals surface area contributed by atoms with Crippen LogP contribution in [0.1, 0.15) is 41.5 Å². The first kappa shape index (κ1) is 18.9. The van der Waals surface area contributed by atoms with E-state index in [4.69, 9.17) is 15.2 Å². The number of para-hydroxylation sites is 2. The van der Waals surface area contributed by atoms with Gasteiger partial charge in [0.25, 0.3) is 0 Å². The lowest BCUT2D eigenvalue weighted by Crippen LogP contribution is -2.24. The lowest BCUT2D eigenvalue weighted by Gasteiger charge is -2.20. The number of nitrogens with two attached hydrogens (primary N) is 1. The Labute approximate surface area is 149 Å². The third-order valence-electron chi connectivity index (χ3n) is 3.17. The number of rotatable bonds is 4. The molecule has 0 fully saturated rings. The van der Waals surface area contributed by atoms with Crippen molar-refractivity contribution in [3.8, 4) is 5.75 Å². The molecule has 0 spiro atoms. The van der Waals surface area contributed by atoms with Gasteiger partial charge in [-0.1, -0.05) is 12.1 Å². The standard InChI is InChI=1S/C18H18N2O6/c1-18(2,3)26-17(22)12-9-8-11(10-13(12)19)16(21)25-15-7-5-4-6-14(15)20(23)24/h4-10H,19H2,1-3H3. The van der Waals surface area contributed by atoms with Crippen LogP contribution in [-0.2, 0) is 4.74 Å². The number of carbonyl (C=O) groups is 2. The van der Waals surface area contributed by atoms with Crippen molar-refractivity contribution in [3.05, 3.63) is 63.7 Å². The van der Waals surface area contributed by atoms with Crippen molar-refractivity contribution in [1.82, 2.24) is 0 Å². The average molecular weight is 358 g/mol. The Kier molecular flexibility index (Phi) is 5.25. The summed E-state index contributed by atoms with van der Waals surface area (Å²) in [6.45, 7) is 5.17. The summed E-state index contributed by atoms with van der Waals surface area (Å²) in [5.41, 5.74) is 5.01. The van der Waals surface area contributed by atoms with Gasteiger partial charge in [0, 0.05) is 11.8 Å². The molecule has 0 bridgehead atoms. The van der Waals surface area contributed by atoms with Gasteiger partial charge in [-0.3, -0.25) is 10.1 Å². The van der Waals surface area contributed by atoms with Crippen LogP contribution >= 0.6 is 0 Å². The Morgan fingerprint density at radius 1 is 1.08 bits per heavy atom. The van der Waals surface area contributed by atoms with Gasteiger partial charge in [0.05, 0.1) is 16.1 Å². The molecule has 2 rings (SSSR count). The molecule has 0 atom stereocenters. The molecule has 0 unspecified atom stereocenters. The minimum atomic E-state index is -0.832. The zero-order valence-corrected chi connectivity index (χ0v) is 14.5. The summed E-state index contributed by atoms with van der Waals surface area (Å²) >= 11 is 0. The van der Waals surface area contributed by atoms with Crippen molar-refractivity contribution in [3.63, 3.8) is 0 Å². The summed E-state index contributed by atoms with van der Waals surface area (Å²) in [4.78, 5) is 34.6. The van der Waals surface area contributed by atoms with Gasteiger partial charge < -0.3 is 15.2 Å². The summed E-state index contributed by atoms with van der Waals surface area (Å²) in [6.07, 6.45) is 0. The number of ether oxygens (including phenoxy) is 2. The van der Waals surface area contributed by atoms with E-state index in [2.05, 4.69) is 0 Å². The molecule has 0 saturated heterocycles. The fourth-order valence-electron chi connectivity index (χ4n) is 2.06. The molecule has 2 aromatic rings. The number of esters is 2. The molecule has 0 aliphatic rings. The lowest BCUT2D eigenvalue weighted by atomic mass is 10.1. The smallest absolute Gasteiger partial charge is 0.343 e. The van der Waals surface area contributed by atoms with E-state index in [9.17, 15) is 19.7 Å².